The lowest BCUT2D eigenvalue weighted by Crippen LogP contribution is -2.49. The quantitative estimate of drug-likeness (QED) is 0.619. The average molecular weight is 227 g/mol. The molecular weight excluding hydrogens is 206 g/mol. The molecule has 1 aliphatic carbocycles. The van der Waals surface area contributed by atoms with E-state index in [1.807, 2.05) is 0 Å². The van der Waals surface area contributed by atoms with Gasteiger partial charge in [0, 0.05) is 17.7 Å². The van der Waals surface area contributed by atoms with Gasteiger partial charge in [0.15, 0.2) is 0 Å². The number of rotatable bonds is 5. The summed E-state index contributed by atoms with van der Waals surface area (Å²) in [6.45, 7) is 2.22. The van der Waals surface area contributed by atoms with Crippen molar-refractivity contribution in [3.63, 3.8) is 0 Å². The molecule has 0 aromatic carbocycles. The monoisotopic (exact) mass is 227 g/mol. The maximum Gasteiger partial charge on any atom is 0.330 e. The van der Waals surface area contributed by atoms with Crippen LogP contribution in [0.1, 0.15) is 39.0 Å². The van der Waals surface area contributed by atoms with E-state index in [-0.39, 0.29) is 12.1 Å². The molecule has 4 heteroatoms. The van der Waals surface area contributed by atoms with Crippen LogP contribution in [0.4, 0.5) is 0 Å². The van der Waals surface area contributed by atoms with Gasteiger partial charge in [-0.1, -0.05) is 25.3 Å². The summed E-state index contributed by atoms with van der Waals surface area (Å²) >= 11 is 0. The van der Waals surface area contributed by atoms with Gasteiger partial charge in [-0.05, 0) is 19.8 Å². The number of aliphatic hydroxyl groups is 1. The first-order valence-corrected chi connectivity index (χ1v) is 5.86. The number of aliphatic hydroxyl groups excluding tert-OH is 1. The fourth-order valence-corrected chi connectivity index (χ4v) is 2.13. The van der Waals surface area contributed by atoms with Gasteiger partial charge >= 0.3 is 5.97 Å². The highest BCUT2D eigenvalue weighted by atomic mass is 16.4. The molecule has 0 unspecified atom stereocenters. The summed E-state index contributed by atoms with van der Waals surface area (Å²) < 4.78 is 0. The van der Waals surface area contributed by atoms with Crippen molar-refractivity contribution >= 4 is 5.97 Å². The summed E-state index contributed by atoms with van der Waals surface area (Å²) in [4.78, 5) is 10.6. The van der Waals surface area contributed by atoms with Crippen molar-refractivity contribution < 1.29 is 15.0 Å². The number of hydrogen-bond donors (Lipinski definition) is 3. The van der Waals surface area contributed by atoms with E-state index in [4.69, 9.17) is 5.11 Å². The minimum absolute atomic E-state index is 0.132. The molecule has 0 saturated heterocycles. The summed E-state index contributed by atoms with van der Waals surface area (Å²) in [6.07, 6.45) is 7.11. The highest BCUT2D eigenvalue weighted by molar-refractivity contribution is 5.85. The molecule has 1 rings (SSSR count). The lowest BCUT2D eigenvalue weighted by atomic mass is 9.82. The first-order valence-electron chi connectivity index (χ1n) is 5.86. The van der Waals surface area contributed by atoms with Crippen LogP contribution < -0.4 is 5.32 Å². The Balaban J connectivity index is 2.45. The maximum atomic E-state index is 10.6. The van der Waals surface area contributed by atoms with Gasteiger partial charge in [0.2, 0.25) is 0 Å². The molecule has 1 fully saturated rings. The molecule has 0 spiro atoms. The molecule has 1 aliphatic rings. The Morgan fingerprint density at radius 1 is 1.38 bits per heavy atom. The lowest BCUT2D eigenvalue weighted by Gasteiger charge is -2.36. The largest absolute Gasteiger partial charge is 0.478 e. The number of hydrogen-bond acceptors (Lipinski definition) is 3. The Bertz CT molecular complexity index is 267. The number of carbonyl (C=O) groups is 1. The number of aliphatic carboxylic acids is 1. The Morgan fingerprint density at radius 3 is 2.50 bits per heavy atom. The van der Waals surface area contributed by atoms with Gasteiger partial charge in [-0.15, -0.1) is 0 Å². The summed E-state index contributed by atoms with van der Waals surface area (Å²) in [5.41, 5.74) is 0.157. The normalized spacial score (nSPS) is 20.8. The van der Waals surface area contributed by atoms with E-state index in [1.54, 1.807) is 13.0 Å². The highest BCUT2D eigenvalue weighted by Crippen LogP contribution is 2.27. The van der Waals surface area contributed by atoms with Crippen molar-refractivity contribution in [3.05, 3.63) is 11.6 Å². The molecule has 0 amide bonds. The van der Waals surface area contributed by atoms with E-state index in [0.29, 0.717) is 12.1 Å². The molecule has 0 radical (unpaired) electrons. The second-order valence-electron chi connectivity index (χ2n) is 4.57. The van der Waals surface area contributed by atoms with E-state index < -0.39 is 5.97 Å². The summed E-state index contributed by atoms with van der Waals surface area (Å²) in [7, 11) is 0. The SMILES string of the molecule is CC(=CCNC1(CO)CCCCC1)C(=O)O. The second-order valence-corrected chi connectivity index (χ2v) is 4.57. The van der Waals surface area contributed by atoms with Crippen molar-refractivity contribution in [1.29, 1.82) is 0 Å². The molecular formula is C12H21NO3. The highest BCUT2D eigenvalue weighted by Gasteiger charge is 2.30. The summed E-state index contributed by atoms with van der Waals surface area (Å²) in [5, 5.41) is 21.4. The van der Waals surface area contributed by atoms with E-state index >= 15 is 0 Å². The van der Waals surface area contributed by atoms with Crippen LogP contribution in [0.3, 0.4) is 0 Å². The zero-order valence-corrected chi connectivity index (χ0v) is 9.83. The molecule has 0 bridgehead atoms. The van der Waals surface area contributed by atoms with Gasteiger partial charge in [-0.3, -0.25) is 0 Å². The molecule has 0 heterocycles. The molecule has 4 nitrogen and oxygen atoms in total. The molecule has 1 saturated carbocycles. The molecule has 0 aromatic heterocycles. The minimum atomic E-state index is -0.886. The van der Waals surface area contributed by atoms with E-state index in [9.17, 15) is 9.90 Å². The molecule has 0 aromatic rings. The van der Waals surface area contributed by atoms with Crippen molar-refractivity contribution in [2.75, 3.05) is 13.2 Å². The first-order chi connectivity index (χ1) is 7.59. The number of carboxylic acids is 1. The van der Waals surface area contributed by atoms with E-state index in [0.717, 1.165) is 25.7 Å². The van der Waals surface area contributed by atoms with Crippen LogP contribution in [0.25, 0.3) is 0 Å². The smallest absolute Gasteiger partial charge is 0.330 e. The number of nitrogens with one attached hydrogen (secondary N) is 1. The standard InChI is InChI=1S/C12H21NO3/c1-10(11(15)16)5-8-13-12(9-14)6-3-2-4-7-12/h5,13-14H,2-4,6-9H2,1H3,(H,15,16). The predicted octanol–water partition coefficient (Wildman–Crippen LogP) is 1.30. The van der Waals surface area contributed by atoms with E-state index in [2.05, 4.69) is 5.32 Å². The van der Waals surface area contributed by atoms with Crippen molar-refractivity contribution in [2.24, 2.45) is 0 Å². The second kappa shape index (κ2) is 6.01. The van der Waals surface area contributed by atoms with Crippen LogP contribution in [-0.2, 0) is 4.79 Å². The predicted molar refractivity (Wildman–Crippen MR) is 62.3 cm³/mol. The van der Waals surface area contributed by atoms with Gasteiger partial charge in [0.25, 0.3) is 0 Å². The third-order valence-corrected chi connectivity index (χ3v) is 3.34. The lowest BCUT2D eigenvalue weighted by molar-refractivity contribution is -0.132. The molecule has 3 N–H and O–H groups in total. The Morgan fingerprint density at radius 2 is 2.00 bits per heavy atom. The van der Waals surface area contributed by atoms with Gasteiger partial charge in [-0.2, -0.15) is 0 Å². The molecule has 92 valence electrons. The third-order valence-electron chi connectivity index (χ3n) is 3.34. The van der Waals surface area contributed by atoms with Crippen LogP contribution >= 0.6 is 0 Å². The third kappa shape index (κ3) is 3.61. The van der Waals surface area contributed by atoms with Crippen LogP contribution in [0.5, 0.6) is 0 Å². The average Bonchev–Trinajstić information content (AvgIpc) is 2.30. The van der Waals surface area contributed by atoms with Crippen molar-refractivity contribution in [1.82, 2.24) is 5.32 Å². The summed E-state index contributed by atoms with van der Waals surface area (Å²) in [5.74, 6) is -0.886. The fourth-order valence-electron chi connectivity index (χ4n) is 2.13. The molecule has 16 heavy (non-hydrogen) atoms. The first kappa shape index (κ1) is 13.2. The van der Waals surface area contributed by atoms with Crippen LogP contribution in [0.15, 0.2) is 11.6 Å². The maximum absolute atomic E-state index is 10.6. The zero-order valence-electron chi connectivity index (χ0n) is 9.83. The topological polar surface area (TPSA) is 69.6 Å². The number of carboxylic acid groups (broad SMARTS) is 1. The Hall–Kier alpha value is -0.870. The van der Waals surface area contributed by atoms with E-state index in [1.165, 1.54) is 6.42 Å². The fraction of sp³-hybridized carbons (Fsp3) is 0.750. The zero-order chi connectivity index (χ0) is 12.0. The molecule has 0 atom stereocenters. The van der Waals surface area contributed by atoms with Gasteiger partial charge in [0.05, 0.1) is 6.61 Å². The van der Waals surface area contributed by atoms with Crippen LogP contribution in [-0.4, -0.2) is 34.9 Å². The van der Waals surface area contributed by atoms with Crippen molar-refractivity contribution in [2.45, 2.75) is 44.6 Å². The van der Waals surface area contributed by atoms with Crippen LogP contribution in [0.2, 0.25) is 0 Å². The minimum Gasteiger partial charge on any atom is -0.478 e. The van der Waals surface area contributed by atoms with Crippen molar-refractivity contribution in [3.8, 4) is 0 Å². The Labute approximate surface area is 96.4 Å². The Kier molecular flexibility index (Phi) is 4.96. The van der Waals surface area contributed by atoms with Gasteiger partial charge in [-0.25, -0.2) is 4.79 Å². The van der Waals surface area contributed by atoms with Crippen LogP contribution in [0, 0.1) is 0 Å². The van der Waals surface area contributed by atoms with Gasteiger partial charge < -0.3 is 15.5 Å². The summed E-state index contributed by atoms with van der Waals surface area (Å²) in [6, 6.07) is 0. The molecule has 0 aliphatic heterocycles. The van der Waals surface area contributed by atoms with Gasteiger partial charge in [0.1, 0.15) is 0 Å².